The third-order valence-electron chi connectivity index (χ3n) is 5.52. The van der Waals surface area contributed by atoms with Crippen molar-refractivity contribution in [1.29, 1.82) is 0 Å². The Morgan fingerprint density at radius 1 is 1.08 bits per heavy atom. The molecule has 37 heavy (non-hydrogen) atoms. The van der Waals surface area contributed by atoms with E-state index in [1.54, 1.807) is 31.2 Å². The maximum atomic E-state index is 13.4. The number of benzene rings is 2. The summed E-state index contributed by atoms with van der Waals surface area (Å²) in [6, 6.07) is 13.4. The number of amides is 2. The number of carbonyl (C=O) groups is 3. The first-order valence-electron chi connectivity index (χ1n) is 11.4. The Labute approximate surface area is 218 Å². The van der Waals surface area contributed by atoms with Crippen LogP contribution in [0.4, 0.5) is 5.69 Å². The van der Waals surface area contributed by atoms with Crippen molar-refractivity contribution in [2.24, 2.45) is 0 Å². The lowest BCUT2D eigenvalue weighted by Gasteiger charge is -2.30. The molecule has 190 valence electrons. The van der Waals surface area contributed by atoms with Gasteiger partial charge in [-0.15, -0.1) is 0 Å². The van der Waals surface area contributed by atoms with Crippen molar-refractivity contribution >= 4 is 46.9 Å². The van der Waals surface area contributed by atoms with E-state index in [9.17, 15) is 14.4 Å². The summed E-state index contributed by atoms with van der Waals surface area (Å²) in [5, 5.41) is 11.6. The molecule has 0 spiro atoms. The van der Waals surface area contributed by atoms with Crippen LogP contribution in [0.25, 0.3) is 6.08 Å². The first-order chi connectivity index (χ1) is 17.7. The number of hydrogen-bond acceptors (Lipinski definition) is 7. The van der Waals surface area contributed by atoms with Crippen LogP contribution in [0.15, 0.2) is 58.5 Å². The van der Waals surface area contributed by atoms with Gasteiger partial charge < -0.3 is 19.0 Å². The maximum absolute atomic E-state index is 13.4. The van der Waals surface area contributed by atoms with E-state index in [-0.39, 0.29) is 23.1 Å². The number of nitrogens with zero attached hydrogens (tertiary/aromatic N) is 1. The summed E-state index contributed by atoms with van der Waals surface area (Å²) in [5.74, 6) is -1.39. The Hall–Kier alpha value is -4.44. The van der Waals surface area contributed by atoms with E-state index < -0.39 is 17.8 Å². The van der Waals surface area contributed by atoms with Gasteiger partial charge in [0.15, 0.2) is 16.6 Å². The number of anilines is 1. The molecule has 1 aromatic heterocycles. The molecule has 2 N–H and O–H groups in total. The summed E-state index contributed by atoms with van der Waals surface area (Å²) >= 11 is 5.30. The average molecular weight is 521 g/mol. The Morgan fingerprint density at radius 2 is 1.86 bits per heavy atom. The average Bonchev–Trinajstić information content (AvgIpc) is 3.32. The fraction of sp³-hybridized carbons (Fsp3) is 0.185. The van der Waals surface area contributed by atoms with Crippen LogP contribution in [0.1, 0.15) is 39.9 Å². The zero-order chi connectivity index (χ0) is 26.7. The number of nitrogens with one attached hydrogen (secondary N) is 1. The van der Waals surface area contributed by atoms with Gasteiger partial charge in [0.25, 0.3) is 11.8 Å². The largest absolute Gasteiger partial charge is 0.490 e. The molecule has 4 rings (SSSR count). The number of carboxylic acids is 1. The Morgan fingerprint density at radius 3 is 2.54 bits per heavy atom. The normalized spacial score (nSPS) is 14.6. The van der Waals surface area contributed by atoms with E-state index in [1.165, 1.54) is 23.1 Å². The van der Waals surface area contributed by atoms with Crippen LogP contribution in [-0.2, 0) is 16.2 Å². The molecular formula is C27H24N2O7S. The van der Waals surface area contributed by atoms with Gasteiger partial charge >= 0.3 is 5.97 Å². The van der Waals surface area contributed by atoms with Gasteiger partial charge in [0, 0.05) is 0 Å². The molecular weight excluding hydrogens is 496 g/mol. The van der Waals surface area contributed by atoms with Crippen molar-refractivity contribution < 1.29 is 33.4 Å². The van der Waals surface area contributed by atoms with Gasteiger partial charge in [0.1, 0.15) is 17.9 Å². The molecule has 10 heteroatoms. The topological polar surface area (TPSA) is 118 Å². The molecule has 3 aromatic rings. The quantitative estimate of drug-likeness (QED) is 0.255. The number of aryl methyl sites for hydroxylation is 2. The third kappa shape index (κ3) is 5.54. The smallest absolute Gasteiger partial charge is 0.371 e. The summed E-state index contributed by atoms with van der Waals surface area (Å²) in [4.78, 5) is 38.4. The van der Waals surface area contributed by atoms with Crippen molar-refractivity contribution in [2.45, 2.75) is 27.4 Å². The molecule has 0 saturated carbocycles. The molecule has 0 aliphatic carbocycles. The molecule has 2 amide bonds. The molecule has 2 aromatic carbocycles. The summed E-state index contributed by atoms with van der Waals surface area (Å²) in [6.45, 7) is 5.95. The number of furan rings is 1. The fourth-order valence-electron chi connectivity index (χ4n) is 3.82. The van der Waals surface area contributed by atoms with Gasteiger partial charge in [-0.1, -0.05) is 23.8 Å². The van der Waals surface area contributed by atoms with Crippen LogP contribution in [-0.4, -0.2) is 34.6 Å². The van der Waals surface area contributed by atoms with Gasteiger partial charge in [0.2, 0.25) is 5.76 Å². The molecule has 1 aliphatic rings. The zero-order valence-corrected chi connectivity index (χ0v) is 21.2. The number of thiocarbonyl (C=S) groups is 1. The number of ether oxygens (including phenoxy) is 2. The van der Waals surface area contributed by atoms with Crippen LogP contribution in [0.5, 0.6) is 11.5 Å². The van der Waals surface area contributed by atoms with E-state index in [4.69, 9.17) is 31.2 Å². The highest BCUT2D eigenvalue weighted by Crippen LogP contribution is 2.31. The number of carboxylic acid groups (broad SMARTS) is 1. The second-order valence-corrected chi connectivity index (χ2v) is 8.63. The zero-order valence-electron chi connectivity index (χ0n) is 20.4. The van der Waals surface area contributed by atoms with Gasteiger partial charge in [-0.25, -0.2) is 4.79 Å². The lowest BCUT2D eigenvalue weighted by molar-refractivity contribution is -0.122. The van der Waals surface area contributed by atoms with E-state index >= 15 is 0 Å². The number of aromatic carboxylic acids is 1. The van der Waals surface area contributed by atoms with E-state index in [1.807, 2.05) is 26.0 Å². The monoisotopic (exact) mass is 520 g/mol. The molecule has 1 saturated heterocycles. The fourth-order valence-corrected chi connectivity index (χ4v) is 4.09. The Bertz CT molecular complexity index is 1440. The molecule has 0 unspecified atom stereocenters. The minimum Gasteiger partial charge on any atom is -0.490 e. The first-order valence-corrected chi connectivity index (χ1v) is 11.8. The second kappa shape index (κ2) is 10.7. The van der Waals surface area contributed by atoms with Crippen LogP contribution < -0.4 is 19.7 Å². The van der Waals surface area contributed by atoms with E-state index in [0.717, 1.165) is 11.1 Å². The van der Waals surface area contributed by atoms with Gasteiger partial charge in [-0.2, -0.15) is 0 Å². The predicted molar refractivity (Wildman–Crippen MR) is 140 cm³/mol. The lowest BCUT2D eigenvalue weighted by Crippen LogP contribution is -2.54. The Balaban J connectivity index is 1.61. The van der Waals surface area contributed by atoms with Crippen molar-refractivity contribution in [2.75, 3.05) is 11.5 Å². The minimum absolute atomic E-state index is 0.0156. The number of hydrogen-bond donors (Lipinski definition) is 2. The minimum atomic E-state index is -1.17. The summed E-state index contributed by atoms with van der Waals surface area (Å²) in [6.07, 6.45) is 1.47. The van der Waals surface area contributed by atoms with Gasteiger partial charge in [-0.3, -0.25) is 19.8 Å². The van der Waals surface area contributed by atoms with Gasteiger partial charge in [-0.05, 0) is 80.5 Å². The summed E-state index contributed by atoms with van der Waals surface area (Å²) in [5.41, 5.74) is 2.93. The molecule has 1 aliphatic heterocycles. The number of carbonyl (C=O) groups excluding carboxylic acids is 2. The van der Waals surface area contributed by atoms with Crippen molar-refractivity contribution in [3.8, 4) is 11.5 Å². The molecule has 2 heterocycles. The van der Waals surface area contributed by atoms with E-state index in [2.05, 4.69) is 5.32 Å². The standard InChI is InChI=1S/C27H24N2O7S/c1-4-34-23-13-17(6-9-21(23)35-14-18-7-10-22(36-18)26(32)33)12-19-24(30)28-27(37)29(25(19)31)20-8-5-15(2)11-16(20)3/h5-13H,4,14H2,1-3H3,(H,32,33)(H,28,30,37). The third-order valence-corrected chi connectivity index (χ3v) is 5.80. The van der Waals surface area contributed by atoms with E-state index in [0.29, 0.717) is 35.1 Å². The van der Waals surface area contributed by atoms with Crippen molar-refractivity contribution in [3.63, 3.8) is 0 Å². The second-order valence-electron chi connectivity index (χ2n) is 8.25. The van der Waals surface area contributed by atoms with Crippen LogP contribution in [0.2, 0.25) is 0 Å². The molecule has 9 nitrogen and oxygen atoms in total. The summed E-state index contributed by atoms with van der Waals surface area (Å²) < 4.78 is 16.7. The first kappa shape index (κ1) is 25.6. The van der Waals surface area contributed by atoms with Crippen LogP contribution >= 0.6 is 12.2 Å². The lowest BCUT2D eigenvalue weighted by atomic mass is 10.0. The highest BCUT2D eigenvalue weighted by molar-refractivity contribution is 7.80. The summed E-state index contributed by atoms with van der Waals surface area (Å²) in [7, 11) is 0. The Kier molecular flexibility index (Phi) is 7.40. The molecule has 0 atom stereocenters. The molecule has 0 radical (unpaired) electrons. The highest BCUT2D eigenvalue weighted by atomic mass is 32.1. The van der Waals surface area contributed by atoms with Crippen LogP contribution in [0.3, 0.4) is 0 Å². The van der Waals surface area contributed by atoms with Gasteiger partial charge in [0.05, 0.1) is 12.3 Å². The molecule has 0 bridgehead atoms. The highest BCUT2D eigenvalue weighted by Gasteiger charge is 2.35. The molecule has 1 fully saturated rings. The van der Waals surface area contributed by atoms with Crippen LogP contribution in [0, 0.1) is 13.8 Å². The number of rotatable bonds is 8. The SMILES string of the molecule is CCOc1cc(C=C2C(=O)NC(=S)N(c3ccc(C)cc3C)C2=O)ccc1OCc1ccc(C(=O)O)o1. The van der Waals surface area contributed by atoms with Crippen molar-refractivity contribution in [1.82, 2.24) is 5.32 Å². The van der Waals surface area contributed by atoms with Crippen molar-refractivity contribution in [3.05, 3.63) is 82.3 Å². The predicted octanol–water partition coefficient (Wildman–Crippen LogP) is 4.40. The maximum Gasteiger partial charge on any atom is 0.371 e.